The quantitative estimate of drug-likeness (QED) is 0.505. The summed E-state index contributed by atoms with van der Waals surface area (Å²) in [4.78, 5) is 6.23. The van der Waals surface area contributed by atoms with Gasteiger partial charge in [-0.2, -0.15) is 13.2 Å². The number of hydrogen-bond acceptors (Lipinski definition) is 3. The first-order valence-electron chi connectivity index (χ1n) is 8.46. The fraction of sp³-hybridized carbons (Fsp3) is 0.368. The van der Waals surface area contributed by atoms with E-state index in [0.29, 0.717) is 21.9 Å². The molecule has 0 fully saturated rings. The molecule has 1 aromatic heterocycles. The molecule has 0 saturated carbocycles. The van der Waals surface area contributed by atoms with Crippen molar-refractivity contribution in [2.75, 3.05) is 23.8 Å². The van der Waals surface area contributed by atoms with Gasteiger partial charge in [0.05, 0.1) is 16.9 Å². The summed E-state index contributed by atoms with van der Waals surface area (Å²) in [6.45, 7) is 2.87. The van der Waals surface area contributed by atoms with Crippen molar-refractivity contribution in [3.8, 4) is 0 Å². The molecule has 0 aliphatic carbocycles. The fourth-order valence-corrected chi connectivity index (χ4v) is 2.81. The van der Waals surface area contributed by atoms with Crippen molar-refractivity contribution in [2.45, 2.75) is 32.4 Å². The Labute approximate surface area is 157 Å². The van der Waals surface area contributed by atoms with E-state index in [1.54, 1.807) is 24.5 Å². The SMILES string of the molecule is CCCCCN(C)c1ccc(C(F)(F)F)cc1NC(=S)c1ccncc1. The van der Waals surface area contributed by atoms with Crippen molar-refractivity contribution in [3.05, 3.63) is 53.9 Å². The minimum Gasteiger partial charge on any atom is -0.373 e. The summed E-state index contributed by atoms with van der Waals surface area (Å²) in [5.41, 5.74) is 1.03. The number of nitrogens with one attached hydrogen (secondary N) is 1. The van der Waals surface area contributed by atoms with E-state index in [-0.39, 0.29) is 0 Å². The highest BCUT2D eigenvalue weighted by Gasteiger charge is 2.31. The molecule has 2 aromatic rings. The van der Waals surface area contributed by atoms with E-state index in [0.717, 1.165) is 37.9 Å². The maximum absolute atomic E-state index is 13.1. The third kappa shape index (κ3) is 5.42. The van der Waals surface area contributed by atoms with Crippen molar-refractivity contribution in [2.24, 2.45) is 0 Å². The number of benzene rings is 1. The Morgan fingerprint density at radius 1 is 1.15 bits per heavy atom. The number of thiocarbonyl (C=S) groups is 1. The summed E-state index contributed by atoms with van der Waals surface area (Å²) >= 11 is 5.35. The molecule has 3 nitrogen and oxygen atoms in total. The number of hydrogen-bond donors (Lipinski definition) is 1. The third-order valence-electron chi connectivity index (χ3n) is 4.02. The first kappa shape index (κ1) is 20.2. The number of alkyl halides is 3. The Balaban J connectivity index is 2.31. The van der Waals surface area contributed by atoms with Crippen LogP contribution in [0.4, 0.5) is 24.5 Å². The molecule has 7 heteroatoms. The van der Waals surface area contributed by atoms with E-state index in [1.165, 1.54) is 6.07 Å². The van der Waals surface area contributed by atoms with Crippen molar-refractivity contribution in [1.29, 1.82) is 0 Å². The van der Waals surface area contributed by atoms with E-state index in [1.807, 2.05) is 11.9 Å². The molecular formula is C19H22F3N3S. The van der Waals surface area contributed by atoms with Crippen molar-refractivity contribution in [3.63, 3.8) is 0 Å². The van der Waals surface area contributed by atoms with Crippen LogP contribution in [0.2, 0.25) is 0 Å². The summed E-state index contributed by atoms with van der Waals surface area (Å²) in [5, 5.41) is 2.97. The summed E-state index contributed by atoms with van der Waals surface area (Å²) in [6.07, 6.45) is 1.90. The van der Waals surface area contributed by atoms with Gasteiger partial charge in [0.25, 0.3) is 0 Å². The van der Waals surface area contributed by atoms with Crippen molar-refractivity contribution in [1.82, 2.24) is 4.98 Å². The van der Waals surface area contributed by atoms with Gasteiger partial charge < -0.3 is 10.2 Å². The van der Waals surface area contributed by atoms with E-state index in [2.05, 4.69) is 17.2 Å². The maximum atomic E-state index is 13.1. The molecule has 0 atom stereocenters. The molecule has 0 radical (unpaired) electrons. The van der Waals surface area contributed by atoms with Gasteiger partial charge in [0, 0.05) is 31.5 Å². The molecule has 0 unspecified atom stereocenters. The van der Waals surface area contributed by atoms with Crippen LogP contribution >= 0.6 is 12.2 Å². The fourth-order valence-electron chi connectivity index (χ4n) is 2.56. The number of pyridine rings is 1. The second-order valence-electron chi connectivity index (χ2n) is 6.05. The second-order valence-corrected chi connectivity index (χ2v) is 6.46. The highest BCUT2D eigenvalue weighted by Crippen LogP contribution is 2.35. The molecule has 0 spiro atoms. The Kier molecular flexibility index (Phi) is 6.97. The average Bonchev–Trinajstić information content (AvgIpc) is 2.61. The standard InChI is InChI=1S/C19H22F3N3S/c1-3-4-5-12-25(2)17-7-6-15(19(20,21)22)13-16(17)24-18(26)14-8-10-23-11-9-14/h6-11,13H,3-5,12H2,1-2H3,(H,24,26). The number of rotatable bonds is 7. The zero-order valence-corrected chi connectivity index (χ0v) is 15.6. The Hall–Kier alpha value is -2.15. The molecule has 0 amide bonds. The number of anilines is 2. The van der Waals surface area contributed by atoms with Crippen molar-refractivity contribution >= 4 is 28.6 Å². The topological polar surface area (TPSA) is 28.2 Å². The van der Waals surface area contributed by atoms with Gasteiger partial charge >= 0.3 is 6.18 Å². The van der Waals surface area contributed by atoms with Crippen molar-refractivity contribution < 1.29 is 13.2 Å². The average molecular weight is 381 g/mol. The maximum Gasteiger partial charge on any atom is 0.416 e. The summed E-state index contributed by atoms with van der Waals surface area (Å²) in [7, 11) is 1.87. The van der Waals surface area contributed by atoms with E-state index >= 15 is 0 Å². The van der Waals surface area contributed by atoms with Crippen LogP contribution in [0.15, 0.2) is 42.7 Å². The molecule has 2 rings (SSSR count). The molecular weight excluding hydrogens is 359 g/mol. The van der Waals surface area contributed by atoms with Crippen LogP contribution in [-0.4, -0.2) is 23.6 Å². The lowest BCUT2D eigenvalue weighted by Crippen LogP contribution is -2.22. The lowest BCUT2D eigenvalue weighted by Gasteiger charge is -2.24. The monoisotopic (exact) mass is 381 g/mol. The molecule has 140 valence electrons. The minimum absolute atomic E-state index is 0.348. The van der Waals surface area contributed by atoms with Gasteiger partial charge in [-0.05, 0) is 36.8 Å². The van der Waals surface area contributed by atoms with Gasteiger partial charge in [0.15, 0.2) is 0 Å². The zero-order chi connectivity index (χ0) is 19.2. The van der Waals surface area contributed by atoms with E-state index < -0.39 is 11.7 Å². The van der Waals surface area contributed by atoms with Crippen LogP contribution in [0.25, 0.3) is 0 Å². The third-order valence-corrected chi connectivity index (χ3v) is 4.36. The van der Waals surface area contributed by atoms with Gasteiger partial charge in [-0.3, -0.25) is 4.98 Å². The Bertz CT molecular complexity index is 733. The number of halogens is 3. The van der Waals surface area contributed by atoms with Crippen LogP contribution in [-0.2, 0) is 6.18 Å². The zero-order valence-electron chi connectivity index (χ0n) is 14.8. The number of aromatic nitrogens is 1. The molecule has 0 aliphatic heterocycles. The number of nitrogens with zero attached hydrogens (tertiary/aromatic N) is 2. The lowest BCUT2D eigenvalue weighted by atomic mass is 10.1. The van der Waals surface area contributed by atoms with Crippen LogP contribution in [0.5, 0.6) is 0 Å². The smallest absolute Gasteiger partial charge is 0.373 e. The van der Waals surface area contributed by atoms with Gasteiger partial charge in [-0.25, -0.2) is 0 Å². The predicted molar refractivity (Wildman–Crippen MR) is 104 cm³/mol. The normalized spacial score (nSPS) is 11.3. The Morgan fingerprint density at radius 3 is 2.46 bits per heavy atom. The van der Waals surface area contributed by atoms with E-state index in [9.17, 15) is 13.2 Å². The number of unbranched alkanes of at least 4 members (excludes halogenated alkanes) is 2. The molecule has 0 aliphatic rings. The molecule has 1 N–H and O–H groups in total. The molecule has 26 heavy (non-hydrogen) atoms. The summed E-state index contributed by atoms with van der Waals surface area (Å²) < 4.78 is 39.4. The van der Waals surface area contributed by atoms with Crippen LogP contribution < -0.4 is 10.2 Å². The van der Waals surface area contributed by atoms with E-state index in [4.69, 9.17) is 12.2 Å². The molecule has 1 aromatic carbocycles. The predicted octanol–water partition coefficient (Wildman–Crippen LogP) is 5.51. The largest absolute Gasteiger partial charge is 0.416 e. The molecule has 1 heterocycles. The van der Waals surface area contributed by atoms with Crippen LogP contribution in [0.3, 0.4) is 0 Å². The summed E-state index contributed by atoms with van der Waals surface area (Å²) in [6, 6.07) is 7.14. The van der Waals surface area contributed by atoms with Gasteiger partial charge in [0.1, 0.15) is 4.99 Å². The van der Waals surface area contributed by atoms with Gasteiger partial charge in [0.2, 0.25) is 0 Å². The van der Waals surface area contributed by atoms with Crippen LogP contribution in [0.1, 0.15) is 37.3 Å². The molecule has 0 bridgehead atoms. The minimum atomic E-state index is -4.41. The first-order valence-corrected chi connectivity index (χ1v) is 8.87. The highest BCUT2D eigenvalue weighted by molar-refractivity contribution is 7.81. The first-order chi connectivity index (χ1) is 12.3. The molecule has 0 saturated heterocycles. The lowest BCUT2D eigenvalue weighted by molar-refractivity contribution is -0.137. The summed E-state index contributed by atoms with van der Waals surface area (Å²) in [5.74, 6) is 0. The van der Waals surface area contributed by atoms with Gasteiger partial charge in [-0.1, -0.05) is 32.0 Å². The highest BCUT2D eigenvalue weighted by atomic mass is 32.1. The van der Waals surface area contributed by atoms with Crippen LogP contribution in [0, 0.1) is 0 Å². The second kappa shape index (κ2) is 8.98. The van der Waals surface area contributed by atoms with Gasteiger partial charge in [-0.15, -0.1) is 0 Å². The Morgan fingerprint density at radius 2 is 1.85 bits per heavy atom.